The summed E-state index contributed by atoms with van der Waals surface area (Å²) < 4.78 is 21.1. The van der Waals surface area contributed by atoms with Crippen LogP contribution < -0.4 is 15.4 Å². The van der Waals surface area contributed by atoms with E-state index in [1.807, 2.05) is 19.1 Å². The SMILES string of the molecule is COc1ccc(Cl)c(F)c1-c1nccc(C(=O)Cc2ccc3sc(C)nc3c2N2C[C@H](N)C[C@H]2CO)n1. The van der Waals surface area contributed by atoms with Gasteiger partial charge in [-0.2, -0.15) is 0 Å². The number of anilines is 1. The number of aryl methyl sites for hydroxylation is 1. The van der Waals surface area contributed by atoms with E-state index in [9.17, 15) is 14.3 Å². The molecule has 2 aromatic heterocycles. The average Bonchev–Trinajstić information content (AvgIpc) is 3.46. The molecule has 0 aliphatic carbocycles. The van der Waals surface area contributed by atoms with Gasteiger partial charge in [-0.3, -0.25) is 4.79 Å². The Hall–Kier alpha value is -3.18. The van der Waals surface area contributed by atoms with E-state index in [0.29, 0.717) is 13.0 Å². The summed E-state index contributed by atoms with van der Waals surface area (Å²) in [6.45, 7) is 2.43. The van der Waals surface area contributed by atoms with Crippen LogP contribution >= 0.6 is 22.9 Å². The molecule has 11 heteroatoms. The molecule has 0 spiro atoms. The van der Waals surface area contributed by atoms with E-state index < -0.39 is 5.82 Å². The number of Topliss-reactive ketones (excluding diaryl/α,β-unsaturated/α-hetero) is 1. The van der Waals surface area contributed by atoms with Crippen molar-refractivity contribution in [3.63, 3.8) is 0 Å². The molecule has 0 saturated carbocycles. The van der Waals surface area contributed by atoms with E-state index in [2.05, 4.69) is 14.9 Å². The number of benzene rings is 2. The van der Waals surface area contributed by atoms with Gasteiger partial charge in [0.05, 0.1) is 45.7 Å². The van der Waals surface area contributed by atoms with Gasteiger partial charge in [0, 0.05) is 25.2 Å². The molecule has 0 bridgehead atoms. The van der Waals surface area contributed by atoms with Crippen molar-refractivity contribution in [2.45, 2.75) is 31.8 Å². The van der Waals surface area contributed by atoms with Gasteiger partial charge in [0.2, 0.25) is 0 Å². The van der Waals surface area contributed by atoms with E-state index in [1.54, 1.807) is 11.3 Å². The molecular weight excluding hydrogens is 517 g/mol. The number of ether oxygens (including phenoxy) is 1. The standard InChI is InChI=1S/C26H25ClFN5O3S/c1-13-31-24-21(37-13)6-3-14(25(24)33-11-15(29)10-16(33)12-34)9-19(35)18-7-8-30-26(32-18)22-20(36-2)5-4-17(27)23(22)28/h3-8,15-16,34H,9-12,29H2,1-2H3/t15-,16+/m1/s1. The van der Waals surface area contributed by atoms with E-state index >= 15 is 0 Å². The number of ketones is 1. The number of nitrogens with two attached hydrogens (primary N) is 1. The summed E-state index contributed by atoms with van der Waals surface area (Å²) in [5, 5.41) is 10.8. The summed E-state index contributed by atoms with van der Waals surface area (Å²) >= 11 is 7.54. The molecule has 2 atom stereocenters. The number of aromatic nitrogens is 3. The Balaban J connectivity index is 1.54. The first-order chi connectivity index (χ1) is 17.8. The molecule has 2 aromatic carbocycles. The molecule has 192 valence electrons. The highest BCUT2D eigenvalue weighted by Gasteiger charge is 2.33. The minimum absolute atomic E-state index is 0.000590. The van der Waals surface area contributed by atoms with Crippen LogP contribution in [0.2, 0.25) is 5.02 Å². The third kappa shape index (κ3) is 4.77. The van der Waals surface area contributed by atoms with Gasteiger partial charge in [0.25, 0.3) is 0 Å². The Kier molecular flexibility index (Phi) is 7.09. The fraction of sp³-hybridized carbons (Fsp3) is 0.308. The number of halogens is 2. The molecular formula is C26H25ClFN5O3S. The van der Waals surface area contributed by atoms with Crippen LogP contribution in [0, 0.1) is 12.7 Å². The molecule has 1 aliphatic rings. The van der Waals surface area contributed by atoms with E-state index in [-0.39, 0.29) is 58.7 Å². The number of methoxy groups -OCH3 is 1. The molecule has 8 nitrogen and oxygen atoms in total. The lowest BCUT2D eigenvalue weighted by Gasteiger charge is -2.28. The number of hydrogen-bond donors (Lipinski definition) is 2. The maximum atomic E-state index is 14.9. The zero-order valence-electron chi connectivity index (χ0n) is 20.2. The van der Waals surface area contributed by atoms with E-state index in [1.165, 1.54) is 31.5 Å². The van der Waals surface area contributed by atoms with Crippen molar-refractivity contribution < 1.29 is 19.0 Å². The zero-order valence-corrected chi connectivity index (χ0v) is 21.8. The third-order valence-corrected chi connectivity index (χ3v) is 7.69. The lowest BCUT2D eigenvalue weighted by atomic mass is 10.0. The number of hydrogen-bond acceptors (Lipinski definition) is 9. The van der Waals surface area contributed by atoms with Gasteiger partial charge in [-0.1, -0.05) is 17.7 Å². The minimum Gasteiger partial charge on any atom is -0.496 e. The predicted molar refractivity (Wildman–Crippen MR) is 142 cm³/mol. The molecule has 1 saturated heterocycles. The van der Waals surface area contributed by atoms with Crippen molar-refractivity contribution >= 4 is 44.6 Å². The van der Waals surface area contributed by atoms with Crippen LogP contribution in [-0.2, 0) is 6.42 Å². The van der Waals surface area contributed by atoms with Crippen molar-refractivity contribution in [3.05, 3.63) is 63.6 Å². The zero-order chi connectivity index (χ0) is 26.3. The second-order valence-corrected chi connectivity index (χ2v) is 10.6. The van der Waals surface area contributed by atoms with Crippen LogP contribution in [-0.4, -0.2) is 58.2 Å². The van der Waals surface area contributed by atoms with Gasteiger partial charge < -0.3 is 20.5 Å². The first-order valence-electron chi connectivity index (χ1n) is 11.7. The van der Waals surface area contributed by atoms with Gasteiger partial charge in [0.1, 0.15) is 17.0 Å². The molecule has 1 fully saturated rings. The molecule has 0 unspecified atom stereocenters. The molecule has 3 N–H and O–H groups in total. The molecule has 37 heavy (non-hydrogen) atoms. The monoisotopic (exact) mass is 541 g/mol. The maximum absolute atomic E-state index is 14.9. The van der Waals surface area contributed by atoms with Crippen LogP contribution in [0.25, 0.3) is 21.6 Å². The minimum atomic E-state index is -0.724. The largest absolute Gasteiger partial charge is 0.496 e. The number of aliphatic hydroxyl groups is 1. The summed E-state index contributed by atoms with van der Waals surface area (Å²) in [6.07, 6.45) is 2.08. The van der Waals surface area contributed by atoms with E-state index in [4.69, 9.17) is 27.1 Å². The van der Waals surface area contributed by atoms with E-state index in [0.717, 1.165) is 26.5 Å². The topological polar surface area (TPSA) is 114 Å². The predicted octanol–water partition coefficient (Wildman–Crippen LogP) is 4.19. The molecule has 0 radical (unpaired) electrons. The number of nitrogens with zero attached hydrogens (tertiary/aromatic N) is 4. The molecule has 5 rings (SSSR count). The van der Waals surface area contributed by atoms with Crippen molar-refractivity contribution in [3.8, 4) is 17.1 Å². The van der Waals surface area contributed by atoms with Crippen LogP contribution in [0.3, 0.4) is 0 Å². The van der Waals surface area contributed by atoms with Crippen LogP contribution in [0.4, 0.5) is 10.1 Å². The molecule has 0 amide bonds. The van der Waals surface area contributed by atoms with Crippen LogP contribution in [0.5, 0.6) is 5.75 Å². The smallest absolute Gasteiger partial charge is 0.185 e. The van der Waals surface area contributed by atoms with Gasteiger partial charge in [-0.25, -0.2) is 19.3 Å². The van der Waals surface area contributed by atoms with Gasteiger partial charge in [-0.05, 0) is 43.2 Å². The lowest BCUT2D eigenvalue weighted by molar-refractivity contribution is 0.0988. The average molecular weight is 542 g/mol. The van der Waals surface area contributed by atoms with Crippen molar-refractivity contribution in [2.24, 2.45) is 5.73 Å². The highest BCUT2D eigenvalue weighted by molar-refractivity contribution is 7.18. The second kappa shape index (κ2) is 10.3. The summed E-state index contributed by atoms with van der Waals surface area (Å²) in [5.74, 6) is -0.794. The Morgan fingerprint density at radius 3 is 2.86 bits per heavy atom. The molecule has 4 aromatic rings. The quantitative estimate of drug-likeness (QED) is 0.335. The Bertz CT molecular complexity index is 1500. The van der Waals surface area contributed by atoms with Gasteiger partial charge >= 0.3 is 0 Å². The van der Waals surface area contributed by atoms with Crippen molar-refractivity contribution in [1.29, 1.82) is 0 Å². The summed E-state index contributed by atoms with van der Waals surface area (Å²) in [7, 11) is 1.41. The molecule has 3 heterocycles. The maximum Gasteiger partial charge on any atom is 0.185 e. The summed E-state index contributed by atoms with van der Waals surface area (Å²) in [4.78, 5) is 28.8. The number of aliphatic hydroxyl groups excluding tert-OH is 1. The van der Waals surface area contributed by atoms with Crippen LogP contribution in [0.1, 0.15) is 27.5 Å². The fourth-order valence-electron chi connectivity index (χ4n) is 4.81. The van der Waals surface area contributed by atoms with Crippen LogP contribution in [0.15, 0.2) is 36.5 Å². The number of fused-ring (bicyclic) bond motifs is 1. The number of rotatable bonds is 7. The second-order valence-electron chi connectivity index (χ2n) is 8.94. The van der Waals surface area contributed by atoms with Gasteiger partial charge in [-0.15, -0.1) is 11.3 Å². The highest BCUT2D eigenvalue weighted by atomic mass is 35.5. The summed E-state index contributed by atoms with van der Waals surface area (Å²) in [5.41, 5.74) is 8.69. The number of carbonyl (C=O) groups excluding carboxylic acids is 1. The summed E-state index contributed by atoms with van der Waals surface area (Å²) in [6, 6.07) is 8.00. The Labute approximate surface area is 221 Å². The Morgan fingerprint density at radius 2 is 2.11 bits per heavy atom. The highest BCUT2D eigenvalue weighted by Crippen LogP contribution is 2.38. The first kappa shape index (κ1) is 25.5. The molecule has 1 aliphatic heterocycles. The lowest BCUT2D eigenvalue weighted by Crippen LogP contribution is -2.34. The number of carbonyl (C=O) groups is 1. The Morgan fingerprint density at radius 1 is 1.30 bits per heavy atom. The number of thiazole rings is 1. The van der Waals surface area contributed by atoms with Crippen molar-refractivity contribution in [2.75, 3.05) is 25.2 Å². The first-order valence-corrected chi connectivity index (χ1v) is 12.9. The fourth-order valence-corrected chi connectivity index (χ4v) is 5.79. The van der Waals surface area contributed by atoms with Crippen molar-refractivity contribution in [1.82, 2.24) is 15.0 Å². The third-order valence-electron chi connectivity index (χ3n) is 6.46. The normalized spacial score (nSPS) is 17.5. The van der Waals surface area contributed by atoms with Gasteiger partial charge in [0.15, 0.2) is 17.4 Å².